The number of aldehydes is 1. The maximum absolute atomic E-state index is 10.2. The van der Waals surface area contributed by atoms with E-state index >= 15 is 0 Å². The minimum atomic E-state index is 0.0185. The van der Waals surface area contributed by atoms with Gasteiger partial charge in [0.2, 0.25) is 0 Å². The summed E-state index contributed by atoms with van der Waals surface area (Å²) in [5, 5.41) is 0. The summed E-state index contributed by atoms with van der Waals surface area (Å²) in [6.07, 6.45) is 2.82. The largest absolute Gasteiger partial charge is 0.304 e. The summed E-state index contributed by atoms with van der Waals surface area (Å²) in [6.45, 7) is 9.10. The molecule has 0 bridgehead atoms. The number of Topliss-reactive ketones (excluding diaryl/α,β-unsaturated/α-hetero) is 2. The highest BCUT2D eigenvalue weighted by molar-refractivity contribution is 5.86. The third-order valence-corrected chi connectivity index (χ3v) is 1.12. The molecule has 4 nitrogen and oxygen atoms in total. The first-order valence-corrected chi connectivity index (χ1v) is 4.83. The number of ketones is 3. The summed E-state index contributed by atoms with van der Waals surface area (Å²) in [5.41, 5.74) is 0. The second-order valence-electron chi connectivity index (χ2n) is 2.95. The van der Waals surface area contributed by atoms with Gasteiger partial charge in [0, 0.05) is 12.8 Å². The molecule has 0 aliphatic rings. The molecule has 0 heterocycles. The first kappa shape index (κ1) is 19.9. The van der Waals surface area contributed by atoms with Crippen LogP contribution in [0, 0.1) is 0 Å². The van der Waals surface area contributed by atoms with Gasteiger partial charge in [-0.2, -0.15) is 0 Å². The van der Waals surface area contributed by atoms with Crippen molar-refractivity contribution in [2.45, 2.75) is 40.5 Å². The van der Waals surface area contributed by atoms with Gasteiger partial charge >= 0.3 is 0 Å². The van der Waals surface area contributed by atoms with Crippen LogP contribution in [-0.2, 0) is 19.2 Å². The number of hydrogen-bond donors (Lipinski definition) is 0. The van der Waals surface area contributed by atoms with Crippen molar-refractivity contribution >= 4 is 23.6 Å². The normalized spacial score (nSPS) is 7.25. The van der Waals surface area contributed by atoms with E-state index in [1.165, 1.54) is 33.8 Å². The first-order chi connectivity index (χ1) is 7.31. The molecule has 4 heteroatoms. The molecule has 0 aliphatic heterocycles. The van der Waals surface area contributed by atoms with Gasteiger partial charge in [0.05, 0.1) is 0 Å². The topological polar surface area (TPSA) is 68.3 Å². The Hall–Kier alpha value is -1.58. The molecule has 0 aromatic carbocycles. The van der Waals surface area contributed by atoms with Crippen LogP contribution in [0.15, 0.2) is 12.7 Å². The highest BCUT2D eigenvalue weighted by Crippen LogP contribution is 1.89. The van der Waals surface area contributed by atoms with Crippen molar-refractivity contribution in [3.63, 3.8) is 0 Å². The third kappa shape index (κ3) is 55.1. The van der Waals surface area contributed by atoms with E-state index in [0.717, 1.165) is 6.29 Å². The van der Waals surface area contributed by atoms with E-state index in [0.29, 0.717) is 12.8 Å². The molecule has 0 spiro atoms. The van der Waals surface area contributed by atoms with Gasteiger partial charge in [0.1, 0.15) is 17.9 Å². The second-order valence-corrected chi connectivity index (χ2v) is 2.95. The lowest BCUT2D eigenvalue weighted by Gasteiger charge is -1.86. The number of hydrogen-bond acceptors (Lipinski definition) is 4. The molecule has 0 saturated heterocycles. The van der Waals surface area contributed by atoms with E-state index in [1.54, 1.807) is 0 Å². The predicted octanol–water partition coefficient (Wildman–Crippen LogP) is 1.91. The molecule has 0 rings (SSSR count). The number of carbonyl (C=O) groups is 4. The summed E-state index contributed by atoms with van der Waals surface area (Å²) < 4.78 is 0. The highest BCUT2D eigenvalue weighted by atomic mass is 16.1. The van der Waals surface area contributed by atoms with E-state index < -0.39 is 0 Å². The molecule has 0 saturated carbocycles. The van der Waals surface area contributed by atoms with Crippen LogP contribution < -0.4 is 0 Å². The summed E-state index contributed by atoms with van der Waals surface area (Å²) in [4.78, 5) is 38.9. The van der Waals surface area contributed by atoms with Crippen molar-refractivity contribution in [1.82, 2.24) is 0 Å². The quantitative estimate of drug-likeness (QED) is 0.544. The maximum atomic E-state index is 10.2. The van der Waals surface area contributed by atoms with E-state index in [-0.39, 0.29) is 17.3 Å². The van der Waals surface area contributed by atoms with Gasteiger partial charge in [-0.05, 0) is 33.8 Å². The summed E-state index contributed by atoms with van der Waals surface area (Å²) in [5.74, 6) is 0.186. The van der Waals surface area contributed by atoms with Crippen molar-refractivity contribution in [3.8, 4) is 0 Å². The molecule has 0 fully saturated rings. The Morgan fingerprint density at radius 2 is 1.19 bits per heavy atom. The Morgan fingerprint density at radius 3 is 1.25 bits per heavy atom. The van der Waals surface area contributed by atoms with Gasteiger partial charge < -0.3 is 14.4 Å². The number of carbonyl (C=O) groups excluding carboxylic acids is 4. The zero-order valence-electron chi connectivity index (χ0n) is 10.4. The minimum absolute atomic E-state index is 0.0185. The van der Waals surface area contributed by atoms with E-state index in [4.69, 9.17) is 4.79 Å². The molecule has 16 heavy (non-hydrogen) atoms. The van der Waals surface area contributed by atoms with Gasteiger partial charge in [-0.3, -0.25) is 4.79 Å². The average molecular weight is 228 g/mol. The van der Waals surface area contributed by atoms with Crippen LogP contribution in [-0.4, -0.2) is 23.6 Å². The van der Waals surface area contributed by atoms with Crippen LogP contribution in [0.2, 0.25) is 0 Å². The smallest absolute Gasteiger partial charge is 0.152 e. The average Bonchev–Trinajstić information content (AvgIpc) is 2.17. The molecule has 0 radical (unpaired) electrons. The van der Waals surface area contributed by atoms with Gasteiger partial charge in [0.15, 0.2) is 5.78 Å². The maximum Gasteiger partial charge on any atom is 0.152 e. The predicted molar refractivity (Wildman–Crippen MR) is 63.2 cm³/mol. The standard InChI is InChI=1S/C6H10O2.C4H6O.C2H4O/c1-5(7)3-4-6(2)8;1-3-4(2)5;1-2-3/h3-4H2,1-2H3;3H,1H2,2H3;2H,1H3. The van der Waals surface area contributed by atoms with Crippen molar-refractivity contribution < 1.29 is 19.2 Å². The van der Waals surface area contributed by atoms with E-state index in [1.807, 2.05) is 0 Å². The zero-order valence-corrected chi connectivity index (χ0v) is 10.4. The van der Waals surface area contributed by atoms with Gasteiger partial charge in [-0.25, -0.2) is 0 Å². The van der Waals surface area contributed by atoms with Crippen LogP contribution in [0.3, 0.4) is 0 Å². The van der Waals surface area contributed by atoms with Crippen LogP contribution in [0.1, 0.15) is 40.5 Å². The Kier molecular flexibility index (Phi) is 19.8. The van der Waals surface area contributed by atoms with Gasteiger partial charge in [0.25, 0.3) is 0 Å². The number of rotatable bonds is 4. The van der Waals surface area contributed by atoms with Gasteiger partial charge in [-0.15, -0.1) is 0 Å². The SMILES string of the molecule is C=CC(C)=O.CC(=O)CCC(C)=O.CC=O. The van der Waals surface area contributed by atoms with Crippen LogP contribution in [0.5, 0.6) is 0 Å². The lowest BCUT2D eigenvalue weighted by molar-refractivity contribution is -0.122. The van der Waals surface area contributed by atoms with E-state index in [9.17, 15) is 14.4 Å². The summed E-state index contributed by atoms with van der Waals surface area (Å²) >= 11 is 0. The molecular formula is C12H20O4. The molecule has 0 aliphatic carbocycles. The molecule has 0 aromatic rings. The Labute approximate surface area is 96.7 Å². The van der Waals surface area contributed by atoms with Crippen LogP contribution >= 0.6 is 0 Å². The molecule has 0 amide bonds. The monoisotopic (exact) mass is 228 g/mol. The fourth-order valence-electron chi connectivity index (χ4n) is 0.352. The zero-order chi connectivity index (χ0) is 13.6. The minimum Gasteiger partial charge on any atom is -0.304 e. The van der Waals surface area contributed by atoms with Crippen LogP contribution in [0.4, 0.5) is 0 Å². The lowest BCUT2D eigenvalue weighted by Crippen LogP contribution is -1.95. The van der Waals surface area contributed by atoms with Crippen molar-refractivity contribution in [2.24, 2.45) is 0 Å². The Morgan fingerprint density at radius 1 is 1.00 bits per heavy atom. The fourth-order valence-corrected chi connectivity index (χ4v) is 0.352. The second kappa shape index (κ2) is 15.9. The van der Waals surface area contributed by atoms with Gasteiger partial charge in [-0.1, -0.05) is 6.58 Å². The lowest BCUT2D eigenvalue weighted by atomic mass is 10.2. The van der Waals surface area contributed by atoms with Crippen molar-refractivity contribution in [2.75, 3.05) is 0 Å². The molecule has 0 N–H and O–H groups in total. The van der Waals surface area contributed by atoms with Crippen molar-refractivity contribution in [1.29, 1.82) is 0 Å². The highest BCUT2D eigenvalue weighted by Gasteiger charge is 1.95. The molecular weight excluding hydrogens is 208 g/mol. The van der Waals surface area contributed by atoms with E-state index in [2.05, 4.69) is 6.58 Å². The summed E-state index contributed by atoms with van der Waals surface area (Å²) in [6, 6.07) is 0. The Bertz CT molecular complexity index is 227. The first-order valence-electron chi connectivity index (χ1n) is 4.83. The van der Waals surface area contributed by atoms with Crippen LogP contribution in [0.25, 0.3) is 0 Å². The summed E-state index contributed by atoms with van der Waals surface area (Å²) in [7, 11) is 0. The molecule has 92 valence electrons. The molecule has 0 aromatic heterocycles. The third-order valence-electron chi connectivity index (χ3n) is 1.12. The fraction of sp³-hybridized carbons (Fsp3) is 0.500. The molecule has 0 unspecified atom stereocenters. The van der Waals surface area contributed by atoms with Crippen molar-refractivity contribution in [3.05, 3.63) is 12.7 Å². The number of allylic oxidation sites excluding steroid dienone is 1. The Balaban J connectivity index is -0.000000181. The molecule has 0 atom stereocenters.